The van der Waals surface area contributed by atoms with E-state index in [0.717, 1.165) is 10.2 Å². The largest absolute Gasteiger partial charge is 0.378 e. The van der Waals surface area contributed by atoms with Crippen molar-refractivity contribution < 1.29 is 0 Å². The molecule has 0 fully saturated rings. The summed E-state index contributed by atoms with van der Waals surface area (Å²) in [4.78, 5) is 4.00. The first-order valence-electron chi connectivity index (χ1n) is 5.57. The summed E-state index contributed by atoms with van der Waals surface area (Å²) in [5, 5.41) is 12.2. The van der Waals surface area contributed by atoms with Crippen molar-refractivity contribution >= 4 is 21.6 Å². The zero-order chi connectivity index (χ0) is 13.0. The van der Waals surface area contributed by atoms with Crippen LogP contribution in [0.1, 0.15) is 24.1 Å². The van der Waals surface area contributed by atoms with Crippen molar-refractivity contribution in [2.24, 2.45) is 0 Å². The van der Waals surface area contributed by atoms with Crippen LogP contribution in [-0.2, 0) is 0 Å². The fourth-order valence-corrected chi connectivity index (χ4v) is 2.15. The van der Waals surface area contributed by atoms with E-state index in [9.17, 15) is 0 Å². The van der Waals surface area contributed by atoms with Crippen LogP contribution in [-0.4, -0.2) is 4.98 Å². The molecule has 0 saturated carbocycles. The van der Waals surface area contributed by atoms with E-state index >= 15 is 0 Å². The van der Waals surface area contributed by atoms with Crippen molar-refractivity contribution in [2.75, 3.05) is 5.32 Å². The normalized spacial score (nSPS) is 11.6. The number of anilines is 1. The Morgan fingerprint density at radius 3 is 2.61 bits per heavy atom. The lowest BCUT2D eigenvalue weighted by Crippen LogP contribution is -2.06. The zero-order valence-electron chi connectivity index (χ0n) is 9.89. The molecule has 1 aromatic carbocycles. The zero-order valence-corrected chi connectivity index (χ0v) is 11.5. The molecule has 1 unspecified atom stereocenters. The number of aromatic nitrogens is 1. The standard InChI is InChI=1S/C14H12BrN3/c1-10(11-4-6-17-7-5-11)18-13-3-2-12(9-16)14(15)8-13/h2-8,10,18H,1H3. The molecule has 1 aromatic heterocycles. The van der Waals surface area contributed by atoms with E-state index in [2.05, 4.69) is 39.2 Å². The monoisotopic (exact) mass is 301 g/mol. The lowest BCUT2D eigenvalue weighted by atomic mass is 10.1. The smallest absolute Gasteiger partial charge is 0.100 e. The highest BCUT2D eigenvalue weighted by molar-refractivity contribution is 9.10. The molecule has 0 saturated heterocycles. The number of nitriles is 1. The fraction of sp³-hybridized carbons (Fsp3) is 0.143. The SMILES string of the molecule is CC(Nc1ccc(C#N)c(Br)c1)c1ccncc1. The van der Waals surface area contributed by atoms with Gasteiger partial charge in [-0.1, -0.05) is 0 Å². The first-order valence-corrected chi connectivity index (χ1v) is 6.36. The van der Waals surface area contributed by atoms with Crippen LogP contribution in [0.2, 0.25) is 0 Å². The summed E-state index contributed by atoms with van der Waals surface area (Å²) in [5.74, 6) is 0. The van der Waals surface area contributed by atoms with Crippen molar-refractivity contribution in [3.8, 4) is 6.07 Å². The molecule has 2 rings (SSSR count). The van der Waals surface area contributed by atoms with Gasteiger partial charge in [0.2, 0.25) is 0 Å². The van der Waals surface area contributed by atoms with E-state index in [0.29, 0.717) is 5.56 Å². The molecule has 0 aliphatic heterocycles. The summed E-state index contributed by atoms with van der Waals surface area (Å²) in [7, 11) is 0. The second-order valence-corrected chi connectivity index (χ2v) is 4.81. The van der Waals surface area contributed by atoms with Crippen molar-refractivity contribution in [1.29, 1.82) is 5.26 Å². The minimum atomic E-state index is 0.188. The minimum absolute atomic E-state index is 0.188. The second kappa shape index (κ2) is 5.65. The van der Waals surface area contributed by atoms with Gasteiger partial charge in [-0.05, 0) is 58.7 Å². The predicted molar refractivity (Wildman–Crippen MR) is 75.1 cm³/mol. The van der Waals surface area contributed by atoms with Gasteiger partial charge in [0.05, 0.1) is 5.56 Å². The van der Waals surface area contributed by atoms with Crippen LogP contribution in [0.25, 0.3) is 0 Å². The van der Waals surface area contributed by atoms with Crippen LogP contribution in [0.15, 0.2) is 47.2 Å². The Bertz CT molecular complexity index is 575. The highest BCUT2D eigenvalue weighted by atomic mass is 79.9. The fourth-order valence-electron chi connectivity index (χ4n) is 1.68. The number of pyridine rings is 1. The van der Waals surface area contributed by atoms with Crippen LogP contribution >= 0.6 is 15.9 Å². The molecular formula is C14H12BrN3. The van der Waals surface area contributed by atoms with E-state index in [1.807, 2.05) is 24.3 Å². The average Bonchev–Trinajstić information content (AvgIpc) is 2.40. The van der Waals surface area contributed by atoms with Gasteiger partial charge in [-0.2, -0.15) is 5.26 Å². The Balaban J connectivity index is 2.15. The number of nitrogens with zero attached hydrogens (tertiary/aromatic N) is 2. The maximum atomic E-state index is 8.86. The maximum absolute atomic E-state index is 8.86. The molecule has 0 aliphatic rings. The number of benzene rings is 1. The van der Waals surface area contributed by atoms with E-state index in [1.165, 1.54) is 5.56 Å². The molecule has 0 spiro atoms. The molecule has 1 atom stereocenters. The molecule has 90 valence electrons. The van der Waals surface area contributed by atoms with Gasteiger partial charge in [0.1, 0.15) is 6.07 Å². The Morgan fingerprint density at radius 2 is 2.00 bits per heavy atom. The highest BCUT2D eigenvalue weighted by Crippen LogP contribution is 2.24. The van der Waals surface area contributed by atoms with Gasteiger partial charge in [-0.3, -0.25) is 4.98 Å². The van der Waals surface area contributed by atoms with Crippen molar-refractivity contribution in [3.63, 3.8) is 0 Å². The number of hydrogen-bond donors (Lipinski definition) is 1. The van der Waals surface area contributed by atoms with E-state index < -0.39 is 0 Å². The van der Waals surface area contributed by atoms with Crippen LogP contribution in [0.5, 0.6) is 0 Å². The summed E-state index contributed by atoms with van der Waals surface area (Å²) in [5.41, 5.74) is 2.78. The summed E-state index contributed by atoms with van der Waals surface area (Å²) < 4.78 is 0.803. The number of halogens is 1. The highest BCUT2D eigenvalue weighted by Gasteiger charge is 2.06. The van der Waals surface area contributed by atoms with Crippen molar-refractivity contribution in [1.82, 2.24) is 4.98 Å². The molecule has 0 amide bonds. The van der Waals surface area contributed by atoms with Crippen molar-refractivity contribution in [2.45, 2.75) is 13.0 Å². The molecule has 4 heteroatoms. The molecule has 1 N–H and O–H groups in total. The molecule has 18 heavy (non-hydrogen) atoms. The number of hydrogen-bond acceptors (Lipinski definition) is 3. The average molecular weight is 302 g/mol. The third-order valence-corrected chi connectivity index (χ3v) is 3.33. The number of nitrogens with one attached hydrogen (secondary N) is 1. The quantitative estimate of drug-likeness (QED) is 0.935. The molecule has 3 nitrogen and oxygen atoms in total. The van der Waals surface area contributed by atoms with Gasteiger partial charge in [-0.25, -0.2) is 0 Å². The molecule has 0 radical (unpaired) electrons. The van der Waals surface area contributed by atoms with Crippen LogP contribution in [0.3, 0.4) is 0 Å². The molecule has 1 heterocycles. The summed E-state index contributed by atoms with van der Waals surface area (Å²) >= 11 is 3.38. The Kier molecular flexibility index (Phi) is 3.96. The topological polar surface area (TPSA) is 48.7 Å². The summed E-state index contributed by atoms with van der Waals surface area (Å²) in [6.07, 6.45) is 3.56. The summed E-state index contributed by atoms with van der Waals surface area (Å²) in [6.45, 7) is 2.08. The van der Waals surface area contributed by atoms with Crippen LogP contribution in [0.4, 0.5) is 5.69 Å². The Labute approximate surface area is 115 Å². The Morgan fingerprint density at radius 1 is 1.28 bits per heavy atom. The molecule has 2 aromatic rings. The van der Waals surface area contributed by atoms with Gasteiger partial charge in [-0.15, -0.1) is 0 Å². The van der Waals surface area contributed by atoms with Gasteiger partial charge < -0.3 is 5.32 Å². The third-order valence-electron chi connectivity index (χ3n) is 2.68. The second-order valence-electron chi connectivity index (χ2n) is 3.95. The minimum Gasteiger partial charge on any atom is -0.378 e. The Hall–Kier alpha value is -1.86. The molecule has 0 aliphatic carbocycles. The third kappa shape index (κ3) is 2.88. The van der Waals surface area contributed by atoms with Gasteiger partial charge in [0.25, 0.3) is 0 Å². The van der Waals surface area contributed by atoms with Gasteiger partial charge in [0.15, 0.2) is 0 Å². The predicted octanol–water partition coefficient (Wildman–Crippen LogP) is 3.89. The van der Waals surface area contributed by atoms with Crippen molar-refractivity contribution in [3.05, 3.63) is 58.3 Å². The lowest BCUT2D eigenvalue weighted by molar-refractivity contribution is 0.880. The van der Waals surface area contributed by atoms with Crippen LogP contribution < -0.4 is 5.32 Å². The van der Waals surface area contributed by atoms with E-state index in [4.69, 9.17) is 5.26 Å². The summed E-state index contributed by atoms with van der Waals surface area (Å²) in [6, 6.07) is 11.9. The van der Waals surface area contributed by atoms with Gasteiger partial charge >= 0.3 is 0 Å². The number of rotatable bonds is 3. The first kappa shape index (κ1) is 12.6. The first-order chi connectivity index (χ1) is 8.70. The van der Waals surface area contributed by atoms with E-state index in [1.54, 1.807) is 18.5 Å². The lowest BCUT2D eigenvalue weighted by Gasteiger charge is -2.15. The van der Waals surface area contributed by atoms with Crippen LogP contribution in [0, 0.1) is 11.3 Å². The molecular weight excluding hydrogens is 290 g/mol. The maximum Gasteiger partial charge on any atom is 0.100 e. The van der Waals surface area contributed by atoms with Gasteiger partial charge in [0, 0.05) is 28.6 Å². The van der Waals surface area contributed by atoms with E-state index in [-0.39, 0.29) is 6.04 Å². The molecule has 0 bridgehead atoms.